The molecule has 1 heterocycles. The van der Waals surface area contributed by atoms with Crippen molar-refractivity contribution in [2.75, 3.05) is 5.32 Å². The zero-order valence-corrected chi connectivity index (χ0v) is 17.8. The minimum atomic E-state index is -0.853. The first-order valence-electron chi connectivity index (χ1n) is 10.9. The van der Waals surface area contributed by atoms with Crippen LogP contribution in [-0.2, 0) is 20.9 Å². The largest absolute Gasteiger partial charge is 0.438 e. The maximum atomic E-state index is 13.3. The lowest BCUT2D eigenvalue weighted by Gasteiger charge is -2.24. The summed E-state index contributed by atoms with van der Waals surface area (Å²) in [6, 6.07) is 12.0. The van der Waals surface area contributed by atoms with Crippen molar-refractivity contribution in [1.29, 1.82) is 0 Å². The number of carbonyl (C=O) groups excluding carboxylic acids is 3. The van der Waals surface area contributed by atoms with Gasteiger partial charge >= 0.3 is 6.09 Å². The molecule has 0 radical (unpaired) electrons. The highest BCUT2D eigenvalue weighted by Gasteiger charge is 2.47. The first-order valence-corrected chi connectivity index (χ1v) is 10.9. The van der Waals surface area contributed by atoms with E-state index in [9.17, 15) is 18.8 Å². The lowest BCUT2D eigenvalue weighted by Crippen LogP contribution is -2.46. The highest BCUT2D eigenvalue weighted by Crippen LogP contribution is 2.35. The summed E-state index contributed by atoms with van der Waals surface area (Å²) in [5.41, 5.74) is 1.99. The summed E-state index contributed by atoms with van der Waals surface area (Å²) in [7, 11) is 0. The molecule has 3 amide bonds. The Kier molecular flexibility index (Phi) is 6.39. The molecule has 7 nitrogen and oxygen atoms in total. The molecule has 1 saturated heterocycles. The fourth-order valence-corrected chi connectivity index (χ4v) is 3.72. The van der Waals surface area contributed by atoms with Crippen LogP contribution in [0.15, 0.2) is 48.5 Å². The van der Waals surface area contributed by atoms with E-state index < -0.39 is 18.2 Å². The molecule has 1 saturated carbocycles. The molecule has 0 spiro atoms. The SMILES string of the molecule is CCCC(=O)Nc1ccc(C2OC(=O)N(Cc3ccc(F)cc3)C2C(=O)NC2CC2)cc1. The normalized spacial score (nSPS) is 20.1. The van der Waals surface area contributed by atoms with Gasteiger partial charge in [-0.2, -0.15) is 0 Å². The summed E-state index contributed by atoms with van der Waals surface area (Å²) < 4.78 is 18.9. The molecule has 2 atom stereocenters. The van der Waals surface area contributed by atoms with Crippen LogP contribution in [-0.4, -0.2) is 34.9 Å². The van der Waals surface area contributed by atoms with Gasteiger partial charge in [0, 0.05) is 18.2 Å². The number of carbonyl (C=O) groups is 3. The number of cyclic esters (lactones) is 1. The van der Waals surface area contributed by atoms with Crippen molar-refractivity contribution in [3.05, 3.63) is 65.5 Å². The standard InChI is InChI=1S/C24H26FN3O4/c1-2-3-20(29)26-18-10-6-16(7-11-18)22-21(23(30)27-19-12-13-19)28(24(31)32-22)14-15-4-8-17(25)9-5-15/h4-11,19,21-22H,2-3,12-14H2,1H3,(H,26,29)(H,27,30). The molecule has 2 aromatic carbocycles. The van der Waals surface area contributed by atoms with Gasteiger partial charge in [-0.1, -0.05) is 31.2 Å². The molecule has 8 heteroatoms. The molecule has 2 aromatic rings. The monoisotopic (exact) mass is 439 g/mol. The average Bonchev–Trinajstić information content (AvgIpc) is 3.52. The summed E-state index contributed by atoms with van der Waals surface area (Å²) in [5, 5.41) is 5.78. The van der Waals surface area contributed by atoms with Crippen molar-refractivity contribution in [3.8, 4) is 0 Å². The van der Waals surface area contributed by atoms with Gasteiger partial charge in [0.15, 0.2) is 12.1 Å². The zero-order valence-electron chi connectivity index (χ0n) is 17.8. The molecule has 4 rings (SSSR count). The highest BCUT2D eigenvalue weighted by atomic mass is 19.1. The third-order valence-corrected chi connectivity index (χ3v) is 5.54. The van der Waals surface area contributed by atoms with E-state index in [1.807, 2.05) is 6.92 Å². The van der Waals surface area contributed by atoms with Crippen LogP contribution in [0.3, 0.4) is 0 Å². The number of ether oxygens (including phenoxy) is 1. The number of nitrogens with zero attached hydrogens (tertiary/aromatic N) is 1. The van der Waals surface area contributed by atoms with Gasteiger partial charge < -0.3 is 15.4 Å². The Morgan fingerprint density at radius 2 is 1.78 bits per heavy atom. The lowest BCUT2D eigenvalue weighted by atomic mass is 10.00. The zero-order chi connectivity index (χ0) is 22.7. The second kappa shape index (κ2) is 9.38. The molecule has 0 aromatic heterocycles. The number of hydrogen-bond acceptors (Lipinski definition) is 4. The lowest BCUT2D eigenvalue weighted by molar-refractivity contribution is -0.126. The van der Waals surface area contributed by atoms with Gasteiger partial charge in [0.05, 0.1) is 6.54 Å². The molecule has 2 unspecified atom stereocenters. The third-order valence-electron chi connectivity index (χ3n) is 5.54. The Hall–Kier alpha value is -3.42. The Bertz CT molecular complexity index is 989. The number of halogens is 1. The average molecular weight is 439 g/mol. The van der Waals surface area contributed by atoms with Gasteiger partial charge in [0.25, 0.3) is 0 Å². The Balaban J connectivity index is 1.55. The van der Waals surface area contributed by atoms with Crippen LogP contribution >= 0.6 is 0 Å². The summed E-state index contributed by atoms with van der Waals surface area (Å²) in [5.74, 6) is -0.713. The number of rotatable bonds is 8. The number of nitrogens with one attached hydrogen (secondary N) is 2. The molecule has 32 heavy (non-hydrogen) atoms. The van der Waals surface area contributed by atoms with E-state index in [0.29, 0.717) is 23.2 Å². The van der Waals surface area contributed by atoms with E-state index >= 15 is 0 Å². The maximum absolute atomic E-state index is 13.3. The molecular formula is C24H26FN3O4. The summed E-state index contributed by atoms with van der Waals surface area (Å²) in [4.78, 5) is 39.0. The molecule has 1 aliphatic carbocycles. The van der Waals surface area contributed by atoms with Crippen molar-refractivity contribution in [1.82, 2.24) is 10.2 Å². The third kappa shape index (κ3) is 5.07. The van der Waals surface area contributed by atoms with Gasteiger partial charge in [-0.05, 0) is 54.7 Å². The van der Waals surface area contributed by atoms with Crippen LogP contribution in [0.2, 0.25) is 0 Å². The fourth-order valence-electron chi connectivity index (χ4n) is 3.72. The predicted octanol–water partition coefficient (Wildman–Crippen LogP) is 3.91. The summed E-state index contributed by atoms with van der Waals surface area (Å²) in [6.45, 7) is 2.06. The summed E-state index contributed by atoms with van der Waals surface area (Å²) in [6.07, 6.45) is 1.63. The Morgan fingerprint density at radius 1 is 1.09 bits per heavy atom. The molecule has 2 aliphatic rings. The van der Waals surface area contributed by atoms with Crippen molar-refractivity contribution in [3.63, 3.8) is 0 Å². The van der Waals surface area contributed by atoms with Crippen molar-refractivity contribution < 1.29 is 23.5 Å². The molecule has 0 bridgehead atoms. The second-order valence-corrected chi connectivity index (χ2v) is 8.21. The van der Waals surface area contributed by atoms with E-state index in [1.165, 1.54) is 17.0 Å². The van der Waals surface area contributed by atoms with Crippen molar-refractivity contribution >= 4 is 23.6 Å². The summed E-state index contributed by atoms with van der Waals surface area (Å²) >= 11 is 0. The maximum Gasteiger partial charge on any atom is 0.411 e. The van der Waals surface area contributed by atoms with Gasteiger partial charge in [-0.3, -0.25) is 14.5 Å². The van der Waals surface area contributed by atoms with Crippen LogP contribution in [0.4, 0.5) is 14.9 Å². The van der Waals surface area contributed by atoms with Crippen LogP contribution in [0.1, 0.15) is 49.8 Å². The molecule has 168 valence electrons. The molecule has 2 N–H and O–H groups in total. The van der Waals surface area contributed by atoms with Gasteiger partial charge in [0.1, 0.15) is 5.82 Å². The first-order chi connectivity index (χ1) is 15.4. The van der Waals surface area contributed by atoms with E-state index in [2.05, 4.69) is 10.6 Å². The van der Waals surface area contributed by atoms with Crippen LogP contribution in [0, 0.1) is 5.82 Å². The van der Waals surface area contributed by atoms with Crippen molar-refractivity contribution in [2.45, 2.75) is 57.3 Å². The van der Waals surface area contributed by atoms with Gasteiger partial charge in [-0.15, -0.1) is 0 Å². The van der Waals surface area contributed by atoms with E-state index in [-0.39, 0.29) is 30.2 Å². The number of amides is 3. The van der Waals surface area contributed by atoms with Gasteiger partial charge in [-0.25, -0.2) is 9.18 Å². The minimum absolute atomic E-state index is 0.0697. The van der Waals surface area contributed by atoms with E-state index in [1.54, 1.807) is 36.4 Å². The van der Waals surface area contributed by atoms with Crippen LogP contribution < -0.4 is 10.6 Å². The van der Waals surface area contributed by atoms with Crippen molar-refractivity contribution in [2.24, 2.45) is 0 Å². The van der Waals surface area contributed by atoms with E-state index in [4.69, 9.17) is 4.74 Å². The molecule has 1 aliphatic heterocycles. The predicted molar refractivity (Wildman–Crippen MR) is 116 cm³/mol. The molecular weight excluding hydrogens is 413 g/mol. The topological polar surface area (TPSA) is 87.7 Å². The second-order valence-electron chi connectivity index (χ2n) is 8.21. The molecule has 2 fully saturated rings. The first kappa shape index (κ1) is 21.8. The van der Waals surface area contributed by atoms with Gasteiger partial charge in [0.2, 0.25) is 11.8 Å². The Labute approximate surface area is 185 Å². The number of anilines is 1. The number of benzene rings is 2. The van der Waals surface area contributed by atoms with Crippen LogP contribution in [0.25, 0.3) is 0 Å². The van der Waals surface area contributed by atoms with E-state index in [0.717, 1.165) is 19.3 Å². The fraction of sp³-hybridized carbons (Fsp3) is 0.375. The highest BCUT2D eigenvalue weighted by molar-refractivity contribution is 5.91. The minimum Gasteiger partial charge on any atom is -0.438 e. The smallest absolute Gasteiger partial charge is 0.411 e. The Morgan fingerprint density at radius 3 is 2.41 bits per heavy atom. The number of hydrogen-bond donors (Lipinski definition) is 2. The quantitative estimate of drug-likeness (QED) is 0.653. The van der Waals surface area contributed by atoms with Crippen LogP contribution in [0.5, 0.6) is 0 Å².